The van der Waals surface area contributed by atoms with Crippen LogP contribution in [0, 0.1) is 0 Å². The number of thioether (sulfide) groups is 1. The van der Waals surface area contributed by atoms with Crippen molar-refractivity contribution >= 4 is 35.1 Å². The number of amides is 1. The van der Waals surface area contributed by atoms with Gasteiger partial charge in [0.25, 0.3) is 5.56 Å². The second-order valence-corrected chi connectivity index (χ2v) is 7.06. The average molecular weight is 402 g/mol. The number of benzene rings is 1. The van der Waals surface area contributed by atoms with Crippen LogP contribution in [0.5, 0.6) is 0 Å². The summed E-state index contributed by atoms with van der Waals surface area (Å²) in [5.74, 6) is -0.447. The van der Waals surface area contributed by atoms with E-state index in [1.807, 2.05) is 0 Å². The lowest BCUT2D eigenvalue weighted by molar-refractivity contribution is -0.115. The number of nitrogens with one attached hydrogen (secondary N) is 1. The molecule has 3 N–H and O–H groups in total. The van der Waals surface area contributed by atoms with Crippen LogP contribution in [0.4, 0.5) is 11.5 Å². The number of carbonyl (C=O) groups is 2. The number of allylic oxidation sites excluding steroid dienone is 1. The minimum absolute atomic E-state index is 0.254. The van der Waals surface area contributed by atoms with Crippen molar-refractivity contribution in [2.45, 2.75) is 30.8 Å². The molecule has 0 spiro atoms. The molecular formula is C19H22N4O4S. The van der Waals surface area contributed by atoms with Crippen LogP contribution < -0.4 is 16.6 Å². The molecule has 28 heavy (non-hydrogen) atoms. The van der Waals surface area contributed by atoms with Gasteiger partial charge in [-0.15, -0.1) is 6.58 Å². The van der Waals surface area contributed by atoms with Crippen molar-refractivity contribution in [1.82, 2.24) is 9.55 Å². The summed E-state index contributed by atoms with van der Waals surface area (Å²) in [6.07, 6.45) is 1.63. The zero-order chi connectivity index (χ0) is 20.7. The van der Waals surface area contributed by atoms with Crippen LogP contribution >= 0.6 is 11.8 Å². The normalized spacial score (nSPS) is 11.5. The molecule has 1 aromatic carbocycles. The fourth-order valence-corrected chi connectivity index (χ4v) is 3.20. The number of anilines is 2. The van der Waals surface area contributed by atoms with Crippen LogP contribution in [0.2, 0.25) is 0 Å². The lowest BCUT2D eigenvalue weighted by Gasteiger charge is -2.16. The van der Waals surface area contributed by atoms with Crippen LogP contribution in [-0.2, 0) is 16.1 Å². The van der Waals surface area contributed by atoms with Gasteiger partial charge in [0.2, 0.25) is 5.91 Å². The maximum atomic E-state index is 12.5. The van der Waals surface area contributed by atoms with E-state index in [4.69, 9.17) is 10.5 Å². The Balaban J connectivity index is 2.08. The molecule has 2 rings (SSSR count). The Morgan fingerprint density at radius 3 is 2.68 bits per heavy atom. The fraction of sp³-hybridized carbons (Fsp3) is 0.263. The fourth-order valence-electron chi connectivity index (χ4n) is 2.26. The number of nitrogen functional groups attached to an aromatic ring is 1. The van der Waals surface area contributed by atoms with Gasteiger partial charge in [0.1, 0.15) is 5.82 Å². The smallest absolute Gasteiger partial charge is 0.338 e. The van der Waals surface area contributed by atoms with Gasteiger partial charge in [-0.3, -0.25) is 9.59 Å². The monoisotopic (exact) mass is 402 g/mol. The molecule has 0 saturated heterocycles. The van der Waals surface area contributed by atoms with Crippen molar-refractivity contribution in [2.24, 2.45) is 0 Å². The highest BCUT2D eigenvalue weighted by Gasteiger charge is 2.18. The number of aromatic nitrogens is 2. The van der Waals surface area contributed by atoms with Crippen molar-refractivity contribution in [3.8, 4) is 0 Å². The molecule has 2 aromatic rings. The van der Waals surface area contributed by atoms with E-state index in [0.29, 0.717) is 29.6 Å². The number of hydrogen-bond donors (Lipinski definition) is 2. The predicted octanol–water partition coefficient (Wildman–Crippen LogP) is 2.31. The molecule has 148 valence electrons. The molecular weight excluding hydrogens is 380 g/mol. The Morgan fingerprint density at radius 2 is 2.07 bits per heavy atom. The predicted molar refractivity (Wildman–Crippen MR) is 109 cm³/mol. The molecule has 0 unspecified atom stereocenters. The Hall–Kier alpha value is -3.07. The highest BCUT2D eigenvalue weighted by Crippen LogP contribution is 2.23. The second-order valence-electron chi connectivity index (χ2n) is 5.75. The summed E-state index contributed by atoms with van der Waals surface area (Å²) in [5, 5.41) is 2.55. The quantitative estimate of drug-likeness (QED) is 0.301. The van der Waals surface area contributed by atoms with Crippen molar-refractivity contribution < 1.29 is 14.3 Å². The largest absolute Gasteiger partial charge is 0.462 e. The van der Waals surface area contributed by atoms with E-state index < -0.39 is 16.8 Å². The number of hydrogen-bond acceptors (Lipinski definition) is 7. The van der Waals surface area contributed by atoms with Gasteiger partial charge in [-0.25, -0.2) is 4.79 Å². The maximum Gasteiger partial charge on any atom is 0.338 e. The number of esters is 1. The Morgan fingerprint density at radius 1 is 1.39 bits per heavy atom. The maximum absolute atomic E-state index is 12.5. The standard InChI is InChI=1S/C19H22N4O4S/c1-4-10-23-15(20)11-16(24)22-19(23)28-12(3)17(25)21-14-8-6-13(7-9-14)18(26)27-5-2/h4,6-9,11-12H,1,5,10,20H2,2-3H3,(H,21,25)/t12-/m0/s1. The van der Waals surface area contributed by atoms with E-state index in [-0.39, 0.29) is 11.7 Å². The van der Waals surface area contributed by atoms with E-state index in [1.165, 1.54) is 6.07 Å². The summed E-state index contributed by atoms with van der Waals surface area (Å²) in [6, 6.07) is 7.62. The van der Waals surface area contributed by atoms with Crippen LogP contribution in [0.1, 0.15) is 24.2 Å². The third kappa shape index (κ3) is 5.46. The molecule has 1 aromatic heterocycles. The summed E-state index contributed by atoms with van der Waals surface area (Å²) in [5.41, 5.74) is 6.34. The number of nitrogens with zero attached hydrogens (tertiary/aromatic N) is 2. The summed E-state index contributed by atoms with van der Waals surface area (Å²) < 4.78 is 6.53. The first kappa shape index (κ1) is 21.2. The minimum atomic E-state index is -0.547. The van der Waals surface area contributed by atoms with Crippen LogP contribution in [0.15, 0.2) is 52.9 Å². The molecule has 1 amide bonds. The molecule has 9 heteroatoms. The first-order valence-corrected chi connectivity index (χ1v) is 9.46. The number of carbonyl (C=O) groups excluding carboxylic acids is 2. The first-order chi connectivity index (χ1) is 13.3. The van der Waals surface area contributed by atoms with Gasteiger partial charge < -0.3 is 20.4 Å². The highest BCUT2D eigenvalue weighted by molar-refractivity contribution is 8.00. The van der Waals surface area contributed by atoms with E-state index >= 15 is 0 Å². The van der Waals surface area contributed by atoms with Crippen molar-refractivity contribution in [2.75, 3.05) is 17.7 Å². The lowest BCUT2D eigenvalue weighted by atomic mass is 10.2. The number of nitrogens with two attached hydrogens (primary N) is 1. The summed E-state index contributed by atoms with van der Waals surface area (Å²) in [4.78, 5) is 39.8. The number of rotatable bonds is 8. The van der Waals surface area contributed by atoms with Gasteiger partial charge >= 0.3 is 5.97 Å². The van der Waals surface area contributed by atoms with Gasteiger partial charge in [-0.05, 0) is 38.1 Å². The molecule has 1 atom stereocenters. The Kier molecular flexibility index (Phi) is 7.39. The van der Waals surface area contributed by atoms with Crippen LogP contribution in [-0.4, -0.2) is 33.3 Å². The van der Waals surface area contributed by atoms with E-state index in [0.717, 1.165) is 11.8 Å². The number of ether oxygens (including phenoxy) is 1. The molecule has 0 saturated carbocycles. The van der Waals surface area contributed by atoms with Gasteiger partial charge in [0.15, 0.2) is 5.16 Å². The summed E-state index contributed by atoms with van der Waals surface area (Å²) >= 11 is 1.12. The van der Waals surface area contributed by atoms with Crippen LogP contribution in [0.3, 0.4) is 0 Å². The minimum Gasteiger partial charge on any atom is -0.462 e. The molecule has 0 aliphatic heterocycles. The summed E-state index contributed by atoms with van der Waals surface area (Å²) in [7, 11) is 0. The second kappa shape index (κ2) is 9.75. The van der Waals surface area contributed by atoms with Crippen molar-refractivity contribution in [3.05, 3.63) is 58.9 Å². The van der Waals surface area contributed by atoms with Gasteiger partial charge in [0, 0.05) is 18.3 Å². The van der Waals surface area contributed by atoms with Crippen LogP contribution in [0.25, 0.3) is 0 Å². The highest BCUT2D eigenvalue weighted by atomic mass is 32.2. The topological polar surface area (TPSA) is 116 Å². The Bertz CT molecular complexity index is 925. The molecule has 1 heterocycles. The van der Waals surface area contributed by atoms with E-state index in [9.17, 15) is 14.4 Å². The van der Waals surface area contributed by atoms with E-state index in [1.54, 1.807) is 48.8 Å². The molecule has 0 aliphatic carbocycles. The third-order valence-corrected chi connectivity index (χ3v) is 4.74. The zero-order valence-electron chi connectivity index (χ0n) is 15.7. The zero-order valence-corrected chi connectivity index (χ0v) is 16.5. The van der Waals surface area contributed by atoms with Gasteiger partial charge in [0.05, 0.1) is 17.4 Å². The average Bonchev–Trinajstić information content (AvgIpc) is 2.65. The molecule has 0 fully saturated rings. The van der Waals surface area contributed by atoms with Crippen molar-refractivity contribution in [3.63, 3.8) is 0 Å². The molecule has 0 aliphatic rings. The Labute approximate surface area is 166 Å². The summed E-state index contributed by atoms with van der Waals surface area (Å²) in [6.45, 7) is 7.74. The van der Waals surface area contributed by atoms with Gasteiger partial charge in [-0.1, -0.05) is 17.8 Å². The lowest BCUT2D eigenvalue weighted by Crippen LogP contribution is -2.25. The molecule has 0 radical (unpaired) electrons. The molecule has 8 nitrogen and oxygen atoms in total. The first-order valence-electron chi connectivity index (χ1n) is 8.58. The molecule has 0 bridgehead atoms. The van der Waals surface area contributed by atoms with E-state index in [2.05, 4.69) is 16.9 Å². The van der Waals surface area contributed by atoms with Gasteiger partial charge in [-0.2, -0.15) is 4.98 Å². The van der Waals surface area contributed by atoms with Crippen molar-refractivity contribution in [1.29, 1.82) is 0 Å². The third-order valence-electron chi connectivity index (χ3n) is 3.65. The SMILES string of the molecule is C=CCn1c(N)cc(=O)nc1S[C@@H](C)C(=O)Nc1ccc(C(=O)OCC)cc1.